The number of furan rings is 1. The smallest absolute Gasteiger partial charge is 0.238 e. The Morgan fingerprint density at radius 1 is 0.351 bits per heavy atom. The van der Waals surface area contributed by atoms with Crippen LogP contribution in [0, 0.1) is 0 Å². The first-order valence-corrected chi connectivity index (χ1v) is 19.1. The van der Waals surface area contributed by atoms with Gasteiger partial charge in [0.1, 0.15) is 5.58 Å². The zero-order chi connectivity index (χ0) is 37.5. The fraction of sp³-hybridized carbons (Fsp3) is 0. The first-order chi connectivity index (χ1) is 28.3. The maximum Gasteiger partial charge on any atom is 0.238 e. The molecule has 4 aromatic heterocycles. The van der Waals surface area contributed by atoms with Gasteiger partial charge in [-0.05, 0) is 41.5 Å². The Morgan fingerprint density at radius 3 is 1.51 bits per heavy atom. The summed E-state index contributed by atoms with van der Waals surface area (Å²) in [6, 6.07) is 65.4. The normalized spacial score (nSPS) is 11.9. The number of benzene rings is 8. The Morgan fingerprint density at radius 2 is 0.877 bits per heavy atom. The van der Waals surface area contributed by atoms with Crippen LogP contribution in [-0.2, 0) is 0 Å². The summed E-state index contributed by atoms with van der Waals surface area (Å²) in [5.41, 5.74) is 11.0. The second-order valence-corrected chi connectivity index (χ2v) is 14.4. The van der Waals surface area contributed by atoms with Crippen molar-refractivity contribution < 1.29 is 4.42 Å². The van der Waals surface area contributed by atoms with E-state index >= 15 is 0 Å². The molecule has 0 unspecified atom stereocenters. The Kier molecular flexibility index (Phi) is 6.83. The Bertz CT molecular complexity index is 3450. The van der Waals surface area contributed by atoms with Crippen LogP contribution in [0.5, 0.6) is 0 Å². The maximum atomic E-state index is 6.85. The highest BCUT2D eigenvalue weighted by Crippen LogP contribution is 2.44. The molecule has 0 aliphatic carbocycles. The van der Waals surface area contributed by atoms with E-state index in [9.17, 15) is 0 Å². The number of hydrogen-bond donors (Lipinski definition) is 0. The van der Waals surface area contributed by atoms with Gasteiger partial charge in [0.05, 0.1) is 27.8 Å². The fourth-order valence-corrected chi connectivity index (χ4v) is 8.63. The molecule has 0 atom stereocenters. The number of nitrogens with zero attached hydrogens (tertiary/aromatic N) is 5. The lowest BCUT2D eigenvalue weighted by Gasteiger charge is -2.13. The predicted molar refractivity (Wildman–Crippen MR) is 232 cm³/mol. The first kappa shape index (κ1) is 31.5. The molecule has 12 aromatic rings. The molecule has 0 aliphatic rings. The van der Waals surface area contributed by atoms with Crippen LogP contribution in [0.2, 0.25) is 0 Å². The Hall–Kier alpha value is -7.83. The lowest BCUT2D eigenvalue weighted by atomic mass is 10.0. The van der Waals surface area contributed by atoms with Gasteiger partial charge < -0.3 is 8.98 Å². The zero-order valence-electron chi connectivity index (χ0n) is 30.5. The van der Waals surface area contributed by atoms with Gasteiger partial charge in [0, 0.05) is 43.4 Å². The fourth-order valence-electron chi connectivity index (χ4n) is 8.63. The van der Waals surface area contributed by atoms with E-state index in [1.807, 2.05) is 60.7 Å². The highest BCUT2D eigenvalue weighted by atomic mass is 16.3. The quantitative estimate of drug-likeness (QED) is 0.177. The Balaban J connectivity index is 1.21. The Labute approximate surface area is 326 Å². The molecule has 0 spiro atoms. The van der Waals surface area contributed by atoms with Crippen LogP contribution in [0.25, 0.3) is 111 Å². The van der Waals surface area contributed by atoms with Crippen molar-refractivity contribution in [2.45, 2.75) is 0 Å². The molecule has 6 heteroatoms. The van der Waals surface area contributed by atoms with Gasteiger partial charge in [-0.3, -0.25) is 4.57 Å². The summed E-state index contributed by atoms with van der Waals surface area (Å²) in [6.45, 7) is 0. The highest BCUT2D eigenvalue weighted by molar-refractivity contribution is 6.24. The van der Waals surface area contributed by atoms with Crippen molar-refractivity contribution in [1.82, 2.24) is 24.1 Å². The average molecular weight is 730 g/mol. The molecule has 0 saturated heterocycles. The molecule has 12 rings (SSSR count). The van der Waals surface area contributed by atoms with E-state index < -0.39 is 0 Å². The van der Waals surface area contributed by atoms with E-state index in [0.717, 1.165) is 87.9 Å². The van der Waals surface area contributed by atoms with E-state index in [2.05, 4.69) is 137 Å². The van der Waals surface area contributed by atoms with E-state index in [-0.39, 0.29) is 0 Å². The van der Waals surface area contributed by atoms with Crippen molar-refractivity contribution in [2.24, 2.45) is 0 Å². The molecule has 0 saturated carbocycles. The molecule has 0 N–H and O–H groups in total. The van der Waals surface area contributed by atoms with Crippen LogP contribution in [0.1, 0.15) is 0 Å². The minimum absolute atomic E-state index is 0.550. The summed E-state index contributed by atoms with van der Waals surface area (Å²) in [4.78, 5) is 15.6. The van der Waals surface area contributed by atoms with Crippen LogP contribution in [0.3, 0.4) is 0 Å². The van der Waals surface area contributed by atoms with Gasteiger partial charge >= 0.3 is 0 Å². The third-order valence-electron chi connectivity index (χ3n) is 11.2. The molecule has 6 nitrogen and oxygen atoms in total. The third kappa shape index (κ3) is 4.81. The molecule has 0 bridgehead atoms. The monoisotopic (exact) mass is 729 g/mol. The van der Waals surface area contributed by atoms with Crippen LogP contribution in [0.15, 0.2) is 192 Å². The van der Waals surface area contributed by atoms with Gasteiger partial charge in [0.25, 0.3) is 0 Å². The highest BCUT2D eigenvalue weighted by Gasteiger charge is 2.25. The van der Waals surface area contributed by atoms with Crippen molar-refractivity contribution in [3.05, 3.63) is 188 Å². The van der Waals surface area contributed by atoms with Gasteiger partial charge in [0.15, 0.2) is 17.2 Å². The minimum atomic E-state index is 0.550. The number of para-hydroxylation sites is 3. The molecule has 0 aliphatic heterocycles. The van der Waals surface area contributed by atoms with Gasteiger partial charge in [0.2, 0.25) is 5.95 Å². The lowest BCUT2D eigenvalue weighted by molar-refractivity contribution is 0.666. The first-order valence-electron chi connectivity index (χ1n) is 19.1. The van der Waals surface area contributed by atoms with E-state index in [1.54, 1.807) is 0 Å². The van der Waals surface area contributed by atoms with Crippen LogP contribution in [0.4, 0.5) is 0 Å². The van der Waals surface area contributed by atoms with Crippen LogP contribution < -0.4 is 0 Å². The van der Waals surface area contributed by atoms with E-state index in [1.165, 1.54) is 5.56 Å². The summed E-state index contributed by atoms with van der Waals surface area (Å²) < 4.78 is 11.5. The topological polar surface area (TPSA) is 61.7 Å². The number of fused-ring (bicyclic) bond motifs is 10. The van der Waals surface area contributed by atoms with Gasteiger partial charge in [-0.15, -0.1) is 0 Å². The molecule has 4 heterocycles. The largest absolute Gasteiger partial charge is 0.454 e. The van der Waals surface area contributed by atoms with Crippen molar-refractivity contribution in [3.63, 3.8) is 0 Å². The summed E-state index contributed by atoms with van der Waals surface area (Å²) >= 11 is 0. The molecular weight excluding hydrogens is 699 g/mol. The summed E-state index contributed by atoms with van der Waals surface area (Å²) in [5.74, 6) is 1.77. The van der Waals surface area contributed by atoms with Gasteiger partial charge in [-0.1, -0.05) is 158 Å². The van der Waals surface area contributed by atoms with E-state index in [4.69, 9.17) is 19.4 Å². The standard InChI is InChI=1S/C51H31N5O/c1-4-15-32(16-5-1)35-27-30-45-41(31-35)40-23-14-26-44(48(40)57-45)55-42-24-12-10-21-36(42)38-28-29-39-37-22-11-13-25-43(37)56(47(39)46(38)55)51-53-49(33-17-6-2-7-18-33)52-50(54-51)34-19-8-3-9-20-34/h1-31H. The van der Waals surface area contributed by atoms with Gasteiger partial charge in [-0.2, -0.15) is 9.97 Å². The molecule has 0 amide bonds. The number of hydrogen-bond acceptors (Lipinski definition) is 4. The molecular formula is C51H31N5O. The lowest BCUT2D eigenvalue weighted by Crippen LogP contribution is -2.07. The molecule has 57 heavy (non-hydrogen) atoms. The molecule has 0 radical (unpaired) electrons. The van der Waals surface area contributed by atoms with E-state index in [0.29, 0.717) is 17.6 Å². The second kappa shape index (κ2) is 12.3. The van der Waals surface area contributed by atoms with Crippen LogP contribution >= 0.6 is 0 Å². The number of aromatic nitrogens is 5. The zero-order valence-corrected chi connectivity index (χ0v) is 30.5. The summed E-state index contributed by atoms with van der Waals surface area (Å²) in [5, 5.41) is 6.65. The average Bonchev–Trinajstić information content (AvgIpc) is 3.95. The van der Waals surface area contributed by atoms with Crippen molar-refractivity contribution in [2.75, 3.05) is 0 Å². The molecule has 0 fully saturated rings. The van der Waals surface area contributed by atoms with Crippen molar-refractivity contribution >= 4 is 65.6 Å². The summed E-state index contributed by atoms with van der Waals surface area (Å²) in [6.07, 6.45) is 0. The maximum absolute atomic E-state index is 6.85. The third-order valence-corrected chi connectivity index (χ3v) is 11.2. The van der Waals surface area contributed by atoms with Crippen LogP contribution in [-0.4, -0.2) is 24.1 Å². The minimum Gasteiger partial charge on any atom is -0.454 e. The SMILES string of the molecule is c1ccc(-c2ccc3oc4c(-n5c6ccccc6c6ccc7c8ccccc8n(-c8nc(-c9ccccc9)nc(-c9ccccc9)n8)c7c65)cccc4c3c2)cc1. The molecule has 266 valence electrons. The number of rotatable bonds is 5. The van der Waals surface area contributed by atoms with Gasteiger partial charge in [-0.25, -0.2) is 4.98 Å². The molecule has 8 aromatic carbocycles. The van der Waals surface area contributed by atoms with Crippen molar-refractivity contribution in [3.8, 4) is 45.5 Å². The predicted octanol–water partition coefficient (Wildman–Crippen LogP) is 13.0. The summed E-state index contributed by atoms with van der Waals surface area (Å²) in [7, 11) is 0. The van der Waals surface area contributed by atoms with Crippen molar-refractivity contribution in [1.29, 1.82) is 0 Å². The second-order valence-electron chi connectivity index (χ2n) is 14.4.